The van der Waals surface area contributed by atoms with Crippen LogP contribution in [-0.2, 0) is 6.61 Å². The van der Waals surface area contributed by atoms with Crippen molar-refractivity contribution < 1.29 is 14.6 Å². The number of aryl methyl sites for hydroxylation is 1. The fourth-order valence-electron chi connectivity index (χ4n) is 2.06. The van der Waals surface area contributed by atoms with Crippen LogP contribution in [0.15, 0.2) is 48.8 Å². The summed E-state index contributed by atoms with van der Waals surface area (Å²) in [6, 6.07) is 10.9. The third-order valence-electron chi connectivity index (χ3n) is 3.24. The second-order valence-corrected chi connectivity index (χ2v) is 4.80. The summed E-state index contributed by atoms with van der Waals surface area (Å²) >= 11 is 0. The molecule has 0 unspecified atom stereocenters. The number of hydrogen-bond acceptors (Lipinski definition) is 3. The monoisotopic (exact) mass is 282 g/mol. The molecule has 2 aromatic heterocycles. The molecule has 0 spiro atoms. The highest BCUT2D eigenvalue weighted by atomic mass is 16.5. The molecule has 2 heterocycles. The Morgan fingerprint density at radius 3 is 2.76 bits per heavy atom. The van der Waals surface area contributed by atoms with E-state index in [4.69, 9.17) is 9.84 Å². The SMILES string of the molecule is Cc1ccc(OCc2cnc3cc(C(=O)O)ccn23)cc1. The van der Waals surface area contributed by atoms with Gasteiger partial charge < -0.3 is 14.2 Å². The number of pyridine rings is 1. The van der Waals surface area contributed by atoms with Gasteiger partial charge in [0.2, 0.25) is 0 Å². The Balaban J connectivity index is 1.81. The first-order chi connectivity index (χ1) is 10.1. The second kappa shape index (κ2) is 5.28. The molecule has 5 heteroatoms. The zero-order chi connectivity index (χ0) is 14.8. The average molecular weight is 282 g/mol. The number of ether oxygens (including phenoxy) is 1. The van der Waals surface area contributed by atoms with Crippen molar-refractivity contribution in [2.75, 3.05) is 0 Å². The molecule has 0 aliphatic heterocycles. The van der Waals surface area contributed by atoms with E-state index in [9.17, 15) is 4.79 Å². The van der Waals surface area contributed by atoms with Crippen LogP contribution in [-0.4, -0.2) is 20.5 Å². The lowest BCUT2D eigenvalue weighted by Gasteiger charge is -2.06. The van der Waals surface area contributed by atoms with Gasteiger partial charge in [-0.3, -0.25) is 0 Å². The van der Waals surface area contributed by atoms with Gasteiger partial charge in [0, 0.05) is 6.20 Å². The smallest absolute Gasteiger partial charge is 0.335 e. The number of fused-ring (bicyclic) bond motifs is 1. The van der Waals surface area contributed by atoms with Crippen LogP contribution in [0.2, 0.25) is 0 Å². The normalized spacial score (nSPS) is 10.7. The number of rotatable bonds is 4. The lowest BCUT2D eigenvalue weighted by molar-refractivity contribution is 0.0697. The molecule has 3 rings (SSSR count). The number of benzene rings is 1. The van der Waals surface area contributed by atoms with E-state index < -0.39 is 5.97 Å². The molecule has 0 amide bonds. The van der Waals surface area contributed by atoms with Crippen LogP contribution in [0.3, 0.4) is 0 Å². The number of aromatic nitrogens is 2. The molecule has 5 nitrogen and oxygen atoms in total. The maximum atomic E-state index is 10.9. The maximum Gasteiger partial charge on any atom is 0.335 e. The molecule has 0 aliphatic rings. The van der Waals surface area contributed by atoms with Crippen molar-refractivity contribution in [2.45, 2.75) is 13.5 Å². The van der Waals surface area contributed by atoms with E-state index in [1.54, 1.807) is 18.5 Å². The standard InChI is InChI=1S/C16H14N2O3/c1-11-2-4-14(5-3-11)21-10-13-9-17-15-8-12(16(19)20)6-7-18(13)15/h2-9H,10H2,1H3,(H,19,20). The summed E-state index contributed by atoms with van der Waals surface area (Å²) in [6.07, 6.45) is 3.38. The van der Waals surface area contributed by atoms with Crippen molar-refractivity contribution in [2.24, 2.45) is 0 Å². The second-order valence-electron chi connectivity index (χ2n) is 4.80. The Kier molecular flexibility index (Phi) is 3.31. The minimum absolute atomic E-state index is 0.221. The number of aromatic carboxylic acids is 1. The maximum absolute atomic E-state index is 10.9. The molecule has 106 valence electrons. The van der Waals surface area contributed by atoms with Gasteiger partial charge in [-0.05, 0) is 31.2 Å². The zero-order valence-electron chi connectivity index (χ0n) is 11.5. The minimum Gasteiger partial charge on any atom is -0.487 e. The molecule has 0 bridgehead atoms. The number of nitrogens with zero attached hydrogens (tertiary/aromatic N) is 2. The molecule has 0 fully saturated rings. The number of hydrogen-bond donors (Lipinski definition) is 1. The zero-order valence-corrected chi connectivity index (χ0v) is 11.5. The van der Waals surface area contributed by atoms with Crippen molar-refractivity contribution in [3.05, 3.63) is 65.6 Å². The molecule has 3 aromatic rings. The van der Waals surface area contributed by atoms with Gasteiger partial charge >= 0.3 is 5.97 Å². The van der Waals surface area contributed by atoms with E-state index in [0.29, 0.717) is 12.3 Å². The summed E-state index contributed by atoms with van der Waals surface area (Å²) in [5, 5.41) is 8.96. The number of imidazole rings is 1. The summed E-state index contributed by atoms with van der Waals surface area (Å²) in [7, 11) is 0. The molecule has 1 N–H and O–H groups in total. The Hall–Kier alpha value is -2.82. The Morgan fingerprint density at radius 2 is 2.05 bits per heavy atom. The van der Waals surface area contributed by atoms with Crippen LogP contribution >= 0.6 is 0 Å². The fourth-order valence-corrected chi connectivity index (χ4v) is 2.06. The fraction of sp³-hybridized carbons (Fsp3) is 0.125. The quantitative estimate of drug-likeness (QED) is 0.799. The molecule has 0 radical (unpaired) electrons. The van der Waals surface area contributed by atoms with E-state index in [-0.39, 0.29) is 5.56 Å². The van der Waals surface area contributed by atoms with E-state index in [1.807, 2.05) is 35.6 Å². The van der Waals surface area contributed by atoms with Crippen LogP contribution in [0.5, 0.6) is 5.75 Å². The summed E-state index contributed by atoms with van der Waals surface area (Å²) in [5.41, 5.74) is 2.86. The molecule has 0 saturated heterocycles. The number of carbonyl (C=O) groups is 1. The topological polar surface area (TPSA) is 63.8 Å². The van der Waals surface area contributed by atoms with E-state index in [0.717, 1.165) is 11.4 Å². The first-order valence-corrected chi connectivity index (χ1v) is 6.52. The Labute approximate surface area is 121 Å². The largest absolute Gasteiger partial charge is 0.487 e. The van der Waals surface area contributed by atoms with Crippen molar-refractivity contribution in [1.29, 1.82) is 0 Å². The van der Waals surface area contributed by atoms with Gasteiger partial charge in [-0.1, -0.05) is 17.7 Å². The van der Waals surface area contributed by atoms with Crippen LogP contribution in [0.25, 0.3) is 5.65 Å². The van der Waals surface area contributed by atoms with Gasteiger partial charge in [-0.2, -0.15) is 0 Å². The highest BCUT2D eigenvalue weighted by Gasteiger charge is 2.08. The van der Waals surface area contributed by atoms with Gasteiger partial charge in [0.05, 0.1) is 17.5 Å². The van der Waals surface area contributed by atoms with Crippen molar-refractivity contribution in [1.82, 2.24) is 9.38 Å². The third kappa shape index (κ3) is 2.72. The molecule has 1 aromatic carbocycles. The van der Waals surface area contributed by atoms with Crippen molar-refractivity contribution >= 4 is 11.6 Å². The van der Waals surface area contributed by atoms with Crippen LogP contribution in [0, 0.1) is 6.92 Å². The van der Waals surface area contributed by atoms with Crippen molar-refractivity contribution in [3.8, 4) is 5.75 Å². The summed E-state index contributed by atoms with van der Waals surface area (Å²) in [4.78, 5) is 15.1. The predicted molar refractivity (Wildman–Crippen MR) is 77.7 cm³/mol. The highest BCUT2D eigenvalue weighted by Crippen LogP contribution is 2.15. The molecular formula is C16H14N2O3. The first-order valence-electron chi connectivity index (χ1n) is 6.52. The molecule has 0 saturated carbocycles. The molecule has 0 aliphatic carbocycles. The number of carboxylic acid groups (broad SMARTS) is 1. The van der Waals surface area contributed by atoms with Crippen LogP contribution in [0.1, 0.15) is 21.6 Å². The lowest BCUT2D eigenvalue weighted by Crippen LogP contribution is -2.01. The Morgan fingerprint density at radius 1 is 1.29 bits per heavy atom. The molecule has 0 atom stereocenters. The van der Waals surface area contributed by atoms with Crippen LogP contribution in [0.4, 0.5) is 0 Å². The van der Waals surface area contributed by atoms with Crippen molar-refractivity contribution in [3.63, 3.8) is 0 Å². The highest BCUT2D eigenvalue weighted by molar-refractivity contribution is 5.88. The summed E-state index contributed by atoms with van der Waals surface area (Å²) in [6.45, 7) is 2.39. The lowest BCUT2D eigenvalue weighted by atomic mass is 10.2. The van der Waals surface area contributed by atoms with Crippen LogP contribution < -0.4 is 4.74 Å². The number of carboxylic acids is 1. The van der Waals surface area contributed by atoms with Gasteiger partial charge in [-0.25, -0.2) is 9.78 Å². The van der Waals surface area contributed by atoms with Gasteiger partial charge in [0.25, 0.3) is 0 Å². The summed E-state index contributed by atoms with van der Waals surface area (Å²) in [5.74, 6) is -0.171. The minimum atomic E-state index is -0.960. The average Bonchev–Trinajstić information content (AvgIpc) is 2.89. The summed E-state index contributed by atoms with van der Waals surface area (Å²) < 4.78 is 7.53. The van der Waals surface area contributed by atoms with Gasteiger partial charge in [0.15, 0.2) is 0 Å². The molecule has 21 heavy (non-hydrogen) atoms. The van der Waals surface area contributed by atoms with E-state index in [1.165, 1.54) is 11.6 Å². The third-order valence-corrected chi connectivity index (χ3v) is 3.24. The van der Waals surface area contributed by atoms with E-state index in [2.05, 4.69) is 4.98 Å². The Bertz CT molecular complexity index is 791. The first kappa shape index (κ1) is 13.2. The van der Waals surface area contributed by atoms with E-state index >= 15 is 0 Å². The van der Waals surface area contributed by atoms with Gasteiger partial charge in [0.1, 0.15) is 18.0 Å². The molecular weight excluding hydrogens is 268 g/mol. The van der Waals surface area contributed by atoms with Gasteiger partial charge in [-0.15, -0.1) is 0 Å². The predicted octanol–water partition coefficient (Wildman–Crippen LogP) is 2.92.